The lowest BCUT2D eigenvalue weighted by Gasteiger charge is -2.26. The van der Waals surface area contributed by atoms with Crippen molar-refractivity contribution in [2.75, 3.05) is 6.54 Å². The molecule has 0 bridgehead atoms. The van der Waals surface area contributed by atoms with Crippen molar-refractivity contribution in [1.29, 1.82) is 0 Å². The van der Waals surface area contributed by atoms with Gasteiger partial charge in [0.05, 0.1) is 0 Å². The van der Waals surface area contributed by atoms with E-state index in [2.05, 4.69) is 40.6 Å². The number of para-hydroxylation sites is 1. The van der Waals surface area contributed by atoms with E-state index in [9.17, 15) is 0 Å². The topological polar surface area (TPSA) is 27.8 Å². The monoisotopic (exact) mass is 172 g/mol. The highest BCUT2D eigenvalue weighted by Gasteiger charge is 2.19. The maximum Gasteiger partial charge on any atom is 0.0485 e. The molecule has 0 amide bonds. The zero-order valence-corrected chi connectivity index (χ0v) is 7.38. The molecule has 0 spiro atoms. The summed E-state index contributed by atoms with van der Waals surface area (Å²) in [5, 5.41) is 4.70. The van der Waals surface area contributed by atoms with Crippen LogP contribution in [-0.2, 0) is 0 Å². The number of rotatable bonds is 1. The van der Waals surface area contributed by atoms with Crippen LogP contribution in [0, 0.1) is 0 Å². The van der Waals surface area contributed by atoms with Gasteiger partial charge in [-0.25, -0.2) is 0 Å². The van der Waals surface area contributed by atoms with Crippen LogP contribution in [0.2, 0.25) is 0 Å². The summed E-state index contributed by atoms with van der Waals surface area (Å²) in [6, 6.07) is 11.2. The number of aromatic amines is 1. The number of fused-ring (bicyclic) bond motifs is 1. The van der Waals surface area contributed by atoms with Crippen LogP contribution in [0.15, 0.2) is 30.3 Å². The summed E-state index contributed by atoms with van der Waals surface area (Å²) in [5.74, 6) is 0. The minimum atomic E-state index is 0.562. The molecule has 66 valence electrons. The highest BCUT2D eigenvalue weighted by atomic mass is 15.0. The standard InChI is InChI=1S/C11H12N2/c1-2-4-9-8(3-1)7-11(13-9)10-5-6-12-10/h1-4,7,10,12-13H,5-6H2/t10-/m0/s1. The fraction of sp³-hybridized carbons (Fsp3) is 0.273. The van der Waals surface area contributed by atoms with Gasteiger partial charge in [0.1, 0.15) is 0 Å². The molecule has 2 heterocycles. The molecular formula is C11H12N2. The molecule has 0 unspecified atom stereocenters. The predicted molar refractivity (Wildman–Crippen MR) is 53.7 cm³/mol. The molecule has 1 aromatic heterocycles. The highest BCUT2D eigenvalue weighted by molar-refractivity contribution is 5.80. The lowest BCUT2D eigenvalue weighted by atomic mass is 10.0. The lowest BCUT2D eigenvalue weighted by Crippen LogP contribution is -2.35. The SMILES string of the molecule is c1ccc2[nH]c([C@@H]3CCN3)cc2c1. The van der Waals surface area contributed by atoms with Gasteiger partial charge in [-0.1, -0.05) is 18.2 Å². The van der Waals surface area contributed by atoms with E-state index in [1.165, 1.54) is 23.0 Å². The van der Waals surface area contributed by atoms with Gasteiger partial charge in [0, 0.05) is 17.3 Å². The normalized spacial score (nSPS) is 21.7. The first-order valence-corrected chi connectivity index (χ1v) is 4.74. The molecule has 1 atom stereocenters. The molecule has 2 nitrogen and oxygen atoms in total. The first-order chi connectivity index (χ1) is 6.43. The maximum atomic E-state index is 3.44. The molecule has 1 aromatic carbocycles. The van der Waals surface area contributed by atoms with E-state index in [1.807, 2.05) is 0 Å². The molecule has 2 heteroatoms. The van der Waals surface area contributed by atoms with E-state index in [0.717, 1.165) is 6.54 Å². The Kier molecular flexibility index (Phi) is 1.43. The first-order valence-electron chi connectivity index (χ1n) is 4.74. The molecule has 1 fully saturated rings. The smallest absolute Gasteiger partial charge is 0.0485 e. The third-order valence-electron chi connectivity index (χ3n) is 2.75. The number of benzene rings is 1. The molecule has 1 aliphatic heterocycles. The van der Waals surface area contributed by atoms with Crippen LogP contribution in [-0.4, -0.2) is 11.5 Å². The Morgan fingerprint density at radius 1 is 1.23 bits per heavy atom. The average molecular weight is 172 g/mol. The molecule has 2 aromatic rings. The van der Waals surface area contributed by atoms with Crippen LogP contribution in [0.1, 0.15) is 18.2 Å². The number of hydrogen-bond donors (Lipinski definition) is 2. The van der Waals surface area contributed by atoms with Gasteiger partial charge in [-0.2, -0.15) is 0 Å². The molecular weight excluding hydrogens is 160 g/mol. The number of hydrogen-bond acceptors (Lipinski definition) is 1. The van der Waals surface area contributed by atoms with Gasteiger partial charge in [0.15, 0.2) is 0 Å². The van der Waals surface area contributed by atoms with E-state index >= 15 is 0 Å². The lowest BCUT2D eigenvalue weighted by molar-refractivity contribution is 0.377. The van der Waals surface area contributed by atoms with Crippen molar-refractivity contribution in [3.63, 3.8) is 0 Å². The maximum absolute atomic E-state index is 3.44. The molecule has 0 radical (unpaired) electrons. The van der Waals surface area contributed by atoms with Crippen molar-refractivity contribution in [3.05, 3.63) is 36.0 Å². The van der Waals surface area contributed by atoms with Crippen molar-refractivity contribution in [3.8, 4) is 0 Å². The second kappa shape index (κ2) is 2.60. The van der Waals surface area contributed by atoms with Crippen LogP contribution in [0.5, 0.6) is 0 Å². The summed E-state index contributed by atoms with van der Waals surface area (Å²) in [4.78, 5) is 3.44. The van der Waals surface area contributed by atoms with E-state index in [4.69, 9.17) is 0 Å². The fourth-order valence-electron chi connectivity index (χ4n) is 1.84. The summed E-state index contributed by atoms with van der Waals surface area (Å²) in [5.41, 5.74) is 2.57. The van der Waals surface area contributed by atoms with Crippen LogP contribution in [0.25, 0.3) is 10.9 Å². The summed E-state index contributed by atoms with van der Waals surface area (Å²) < 4.78 is 0. The van der Waals surface area contributed by atoms with Gasteiger partial charge in [0.25, 0.3) is 0 Å². The minimum Gasteiger partial charge on any atom is -0.357 e. The van der Waals surface area contributed by atoms with E-state index < -0.39 is 0 Å². The van der Waals surface area contributed by atoms with Crippen LogP contribution >= 0.6 is 0 Å². The van der Waals surface area contributed by atoms with Crippen molar-refractivity contribution >= 4 is 10.9 Å². The number of aromatic nitrogens is 1. The van der Waals surface area contributed by atoms with Crippen molar-refractivity contribution in [2.45, 2.75) is 12.5 Å². The van der Waals surface area contributed by atoms with Gasteiger partial charge in [-0.15, -0.1) is 0 Å². The molecule has 1 saturated heterocycles. The Morgan fingerprint density at radius 2 is 2.08 bits per heavy atom. The van der Waals surface area contributed by atoms with Crippen molar-refractivity contribution in [2.24, 2.45) is 0 Å². The predicted octanol–water partition coefficient (Wildman–Crippen LogP) is 2.20. The number of H-pyrrole nitrogens is 1. The Balaban J connectivity index is 2.10. The minimum absolute atomic E-state index is 0.562. The third kappa shape index (κ3) is 1.06. The average Bonchev–Trinajstić information content (AvgIpc) is 2.43. The zero-order valence-electron chi connectivity index (χ0n) is 7.38. The summed E-state index contributed by atoms with van der Waals surface area (Å²) in [7, 11) is 0. The fourth-order valence-corrected chi connectivity index (χ4v) is 1.84. The first kappa shape index (κ1) is 7.15. The third-order valence-corrected chi connectivity index (χ3v) is 2.75. The molecule has 0 saturated carbocycles. The van der Waals surface area contributed by atoms with Crippen LogP contribution in [0.3, 0.4) is 0 Å². The second-order valence-corrected chi connectivity index (χ2v) is 3.61. The molecule has 2 N–H and O–H groups in total. The van der Waals surface area contributed by atoms with Gasteiger partial charge >= 0.3 is 0 Å². The molecule has 1 aliphatic rings. The zero-order chi connectivity index (χ0) is 8.67. The van der Waals surface area contributed by atoms with Gasteiger partial charge in [0.2, 0.25) is 0 Å². The van der Waals surface area contributed by atoms with Crippen molar-refractivity contribution in [1.82, 2.24) is 10.3 Å². The second-order valence-electron chi connectivity index (χ2n) is 3.61. The summed E-state index contributed by atoms with van der Waals surface area (Å²) >= 11 is 0. The van der Waals surface area contributed by atoms with Crippen LogP contribution in [0.4, 0.5) is 0 Å². The Morgan fingerprint density at radius 3 is 2.77 bits per heavy atom. The quantitative estimate of drug-likeness (QED) is 0.678. The Labute approximate surface area is 77.0 Å². The summed E-state index contributed by atoms with van der Waals surface area (Å²) in [6.07, 6.45) is 1.26. The van der Waals surface area contributed by atoms with E-state index in [1.54, 1.807) is 0 Å². The molecule has 13 heavy (non-hydrogen) atoms. The van der Waals surface area contributed by atoms with Crippen LogP contribution < -0.4 is 5.32 Å². The largest absolute Gasteiger partial charge is 0.357 e. The Bertz CT molecular complexity index is 393. The Hall–Kier alpha value is -1.28. The number of nitrogens with one attached hydrogen (secondary N) is 2. The molecule has 0 aliphatic carbocycles. The van der Waals surface area contributed by atoms with E-state index in [0.29, 0.717) is 6.04 Å². The van der Waals surface area contributed by atoms with Gasteiger partial charge in [-0.05, 0) is 30.5 Å². The van der Waals surface area contributed by atoms with Gasteiger partial charge in [-0.3, -0.25) is 0 Å². The van der Waals surface area contributed by atoms with Gasteiger partial charge < -0.3 is 10.3 Å². The van der Waals surface area contributed by atoms with E-state index in [-0.39, 0.29) is 0 Å². The summed E-state index contributed by atoms with van der Waals surface area (Å²) in [6.45, 7) is 1.15. The highest BCUT2D eigenvalue weighted by Crippen LogP contribution is 2.25. The van der Waals surface area contributed by atoms with Crippen molar-refractivity contribution < 1.29 is 0 Å². The molecule has 3 rings (SSSR count).